The van der Waals surface area contributed by atoms with Gasteiger partial charge in [-0.3, -0.25) is 14.3 Å². The number of rotatable bonds is 7. The van der Waals surface area contributed by atoms with Crippen molar-refractivity contribution in [3.8, 4) is 17.1 Å². The van der Waals surface area contributed by atoms with Gasteiger partial charge in [-0.1, -0.05) is 17.8 Å². The minimum absolute atomic E-state index is 0.104. The van der Waals surface area contributed by atoms with Crippen LogP contribution in [0.2, 0.25) is 0 Å². The first kappa shape index (κ1) is 23.7. The van der Waals surface area contributed by atoms with E-state index < -0.39 is 9.84 Å². The van der Waals surface area contributed by atoms with Crippen LogP contribution in [-0.2, 0) is 14.6 Å². The summed E-state index contributed by atoms with van der Waals surface area (Å²) in [6, 6.07) is 15.9. The number of sulfone groups is 1. The number of nitrogens with zero attached hydrogens (tertiary/aromatic N) is 4. The number of amides is 1. The van der Waals surface area contributed by atoms with E-state index in [-0.39, 0.29) is 16.6 Å². The van der Waals surface area contributed by atoms with Crippen molar-refractivity contribution in [1.29, 1.82) is 0 Å². The molecule has 0 atom stereocenters. The molecule has 0 spiro atoms. The highest BCUT2D eigenvalue weighted by Crippen LogP contribution is 2.29. The molecule has 0 fully saturated rings. The van der Waals surface area contributed by atoms with Crippen LogP contribution >= 0.6 is 11.8 Å². The summed E-state index contributed by atoms with van der Waals surface area (Å²) in [6.45, 7) is 4.10. The number of aromatic nitrogens is 4. The lowest BCUT2D eigenvalue weighted by atomic mass is 10.1. The van der Waals surface area contributed by atoms with Crippen molar-refractivity contribution in [2.75, 3.05) is 17.3 Å². The molecule has 2 aromatic carbocycles. The van der Waals surface area contributed by atoms with Crippen molar-refractivity contribution in [3.63, 3.8) is 0 Å². The Bertz CT molecular complexity index is 1430. The second-order valence-corrected chi connectivity index (χ2v) is 10.7. The SMILES string of the molecule is Cc1ccc(-n2c(SCC(=O)Nc3ccc(S(C)(=O)=O)cc3)nnc2-c2ccncc2)cc1C. The smallest absolute Gasteiger partial charge is 0.234 e. The molecule has 0 unspecified atom stereocenters. The third kappa shape index (κ3) is 5.35. The van der Waals surface area contributed by atoms with E-state index in [1.165, 1.54) is 29.5 Å². The number of benzene rings is 2. The Labute approximate surface area is 202 Å². The van der Waals surface area contributed by atoms with E-state index in [0.29, 0.717) is 16.7 Å². The first-order valence-corrected chi connectivity index (χ1v) is 13.3. The Morgan fingerprint density at radius 3 is 2.32 bits per heavy atom. The molecule has 1 N–H and O–H groups in total. The normalized spacial score (nSPS) is 11.4. The maximum Gasteiger partial charge on any atom is 0.234 e. The Hall–Kier alpha value is -3.50. The molecule has 4 aromatic rings. The van der Waals surface area contributed by atoms with Crippen molar-refractivity contribution in [3.05, 3.63) is 78.1 Å². The summed E-state index contributed by atoms with van der Waals surface area (Å²) in [5.74, 6) is 0.523. The molecular weight excluding hydrogens is 470 g/mol. The number of hydrogen-bond donors (Lipinski definition) is 1. The molecule has 4 rings (SSSR count). The van der Waals surface area contributed by atoms with E-state index >= 15 is 0 Å². The molecule has 1 amide bonds. The lowest BCUT2D eigenvalue weighted by Crippen LogP contribution is -2.14. The Morgan fingerprint density at radius 2 is 1.68 bits per heavy atom. The van der Waals surface area contributed by atoms with Crippen LogP contribution in [0.15, 0.2) is 77.0 Å². The van der Waals surface area contributed by atoms with Crippen molar-refractivity contribution < 1.29 is 13.2 Å². The van der Waals surface area contributed by atoms with E-state index in [2.05, 4.69) is 33.5 Å². The minimum Gasteiger partial charge on any atom is -0.325 e. The van der Waals surface area contributed by atoms with Crippen molar-refractivity contribution in [2.24, 2.45) is 0 Å². The molecule has 0 aliphatic rings. The van der Waals surface area contributed by atoms with E-state index in [1.807, 2.05) is 35.8 Å². The third-order valence-corrected chi connectivity index (χ3v) is 7.28. The number of aryl methyl sites for hydroxylation is 2. The quantitative estimate of drug-likeness (QED) is 0.387. The molecule has 0 aliphatic carbocycles. The topological polar surface area (TPSA) is 107 Å². The van der Waals surface area contributed by atoms with Crippen LogP contribution < -0.4 is 5.32 Å². The van der Waals surface area contributed by atoms with Gasteiger partial charge in [0.1, 0.15) is 0 Å². The molecule has 34 heavy (non-hydrogen) atoms. The zero-order valence-corrected chi connectivity index (χ0v) is 20.5. The van der Waals surface area contributed by atoms with Crippen LogP contribution in [0, 0.1) is 13.8 Å². The highest BCUT2D eigenvalue weighted by Gasteiger charge is 2.18. The largest absolute Gasteiger partial charge is 0.325 e. The maximum atomic E-state index is 12.6. The first-order valence-electron chi connectivity index (χ1n) is 10.4. The van der Waals surface area contributed by atoms with Crippen LogP contribution in [0.25, 0.3) is 17.1 Å². The minimum atomic E-state index is -3.29. The molecule has 2 aromatic heterocycles. The fourth-order valence-electron chi connectivity index (χ4n) is 3.26. The average molecular weight is 494 g/mol. The average Bonchev–Trinajstić information content (AvgIpc) is 3.24. The molecule has 0 radical (unpaired) electrons. The maximum absolute atomic E-state index is 12.6. The molecule has 2 heterocycles. The molecule has 0 saturated heterocycles. The summed E-state index contributed by atoms with van der Waals surface area (Å²) >= 11 is 1.27. The van der Waals surface area contributed by atoms with Gasteiger partial charge in [0, 0.05) is 29.9 Å². The Balaban J connectivity index is 1.56. The molecule has 8 nitrogen and oxygen atoms in total. The van der Waals surface area contributed by atoms with Crippen molar-refractivity contribution in [2.45, 2.75) is 23.9 Å². The van der Waals surface area contributed by atoms with Crippen LogP contribution in [-0.4, -0.2) is 46.1 Å². The molecule has 10 heteroatoms. The van der Waals surface area contributed by atoms with Gasteiger partial charge in [0.05, 0.1) is 16.3 Å². The van der Waals surface area contributed by atoms with E-state index in [4.69, 9.17) is 0 Å². The van der Waals surface area contributed by atoms with Gasteiger partial charge >= 0.3 is 0 Å². The number of pyridine rings is 1. The van der Waals surface area contributed by atoms with Crippen molar-refractivity contribution >= 4 is 33.2 Å². The fourth-order valence-corrected chi connectivity index (χ4v) is 4.64. The van der Waals surface area contributed by atoms with Crippen LogP contribution in [0.1, 0.15) is 11.1 Å². The number of hydrogen-bond acceptors (Lipinski definition) is 7. The van der Waals surface area contributed by atoms with E-state index in [1.54, 1.807) is 24.5 Å². The monoisotopic (exact) mass is 493 g/mol. The van der Waals surface area contributed by atoms with E-state index in [0.717, 1.165) is 23.1 Å². The highest BCUT2D eigenvalue weighted by atomic mass is 32.2. The van der Waals surface area contributed by atoms with Gasteiger partial charge in [0.25, 0.3) is 0 Å². The lowest BCUT2D eigenvalue weighted by molar-refractivity contribution is -0.113. The number of nitrogens with one attached hydrogen (secondary N) is 1. The predicted molar refractivity (Wildman–Crippen MR) is 133 cm³/mol. The lowest BCUT2D eigenvalue weighted by Gasteiger charge is -2.12. The van der Waals surface area contributed by atoms with Gasteiger partial charge < -0.3 is 5.32 Å². The number of thioether (sulfide) groups is 1. The molecule has 174 valence electrons. The van der Waals surface area contributed by atoms with Crippen LogP contribution in [0.4, 0.5) is 5.69 Å². The van der Waals surface area contributed by atoms with Gasteiger partial charge in [-0.15, -0.1) is 10.2 Å². The van der Waals surface area contributed by atoms with Gasteiger partial charge in [-0.25, -0.2) is 8.42 Å². The van der Waals surface area contributed by atoms with E-state index in [9.17, 15) is 13.2 Å². The van der Waals surface area contributed by atoms with Gasteiger partial charge in [0.15, 0.2) is 20.8 Å². The first-order chi connectivity index (χ1) is 16.2. The summed E-state index contributed by atoms with van der Waals surface area (Å²) in [5, 5.41) is 12.1. The standard InChI is InChI=1S/C24H23N5O3S2/c1-16-4-7-20(14-17(16)2)29-23(18-10-12-25-13-11-18)27-28-24(29)33-15-22(30)26-19-5-8-21(9-6-19)34(3,31)32/h4-14H,15H2,1-3H3,(H,26,30). The molecule has 0 bridgehead atoms. The zero-order chi connectivity index (χ0) is 24.3. The second-order valence-electron chi connectivity index (χ2n) is 7.78. The number of carbonyl (C=O) groups is 1. The predicted octanol–water partition coefficient (Wildman–Crippen LogP) is 4.08. The summed E-state index contributed by atoms with van der Waals surface area (Å²) in [7, 11) is -3.29. The summed E-state index contributed by atoms with van der Waals surface area (Å²) in [4.78, 5) is 16.8. The summed E-state index contributed by atoms with van der Waals surface area (Å²) < 4.78 is 25.1. The second kappa shape index (κ2) is 9.78. The van der Waals surface area contributed by atoms with Gasteiger partial charge in [-0.05, 0) is 73.5 Å². The molecular formula is C24H23N5O3S2. The number of anilines is 1. The summed E-state index contributed by atoms with van der Waals surface area (Å²) in [5.41, 5.74) is 4.60. The Morgan fingerprint density at radius 1 is 0.971 bits per heavy atom. The highest BCUT2D eigenvalue weighted by molar-refractivity contribution is 7.99. The van der Waals surface area contributed by atoms with Gasteiger partial charge in [-0.2, -0.15) is 0 Å². The van der Waals surface area contributed by atoms with Crippen LogP contribution in [0.3, 0.4) is 0 Å². The summed E-state index contributed by atoms with van der Waals surface area (Å²) in [6.07, 6.45) is 4.54. The third-order valence-electron chi connectivity index (χ3n) is 5.22. The van der Waals surface area contributed by atoms with Gasteiger partial charge in [0.2, 0.25) is 5.91 Å². The van der Waals surface area contributed by atoms with Crippen molar-refractivity contribution in [1.82, 2.24) is 19.7 Å². The van der Waals surface area contributed by atoms with Crippen LogP contribution in [0.5, 0.6) is 0 Å². The Kier molecular flexibility index (Phi) is 6.80. The molecule has 0 aliphatic heterocycles. The zero-order valence-electron chi connectivity index (χ0n) is 18.9. The fraction of sp³-hybridized carbons (Fsp3) is 0.167. The number of carbonyl (C=O) groups excluding carboxylic acids is 1. The molecule has 0 saturated carbocycles.